The van der Waals surface area contributed by atoms with E-state index in [0.29, 0.717) is 6.04 Å². The second kappa shape index (κ2) is 6.35. The van der Waals surface area contributed by atoms with Gasteiger partial charge in [-0.15, -0.1) is 0 Å². The van der Waals surface area contributed by atoms with E-state index in [-0.39, 0.29) is 0 Å². The van der Waals surface area contributed by atoms with Crippen molar-refractivity contribution in [1.29, 1.82) is 0 Å². The van der Waals surface area contributed by atoms with Crippen LogP contribution in [0.25, 0.3) is 0 Å². The van der Waals surface area contributed by atoms with Gasteiger partial charge in [-0.3, -0.25) is 4.90 Å². The first-order valence-corrected chi connectivity index (χ1v) is 7.21. The van der Waals surface area contributed by atoms with Gasteiger partial charge in [0.15, 0.2) is 0 Å². The highest BCUT2D eigenvalue weighted by atomic mass is 16.3. The topological polar surface area (TPSA) is 39.6 Å². The van der Waals surface area contributed by atoms with Crippen molar-refractivity contribution in [2.75, 3.05) is 31.6 Å². The maximum atomic E-state index is 9.64. The van der Waals surface area contributed by atoms with Crippen LogP contribution in [0.5, 0.6) is 0 Å². The first-order chi connectivity index (χ1) is 9.11. The third-order valence-electron chi connectivity index (χ3n) is 4.03. The van der Waals surface area contributed by atoms with E-state index in [0.717, 1.165) is 24.5 Å². The van der Waals surface area contributed by atoms with Crippen LogP contribution >= 0.6 is 0 Å². The van der Waals surface area contributed by atoms with Crippen molar-refractivity contribution < 1.29 is 5.11 Å². The molecule has 0 bridgehead atoms. The Morgan fingerprint density at radius 1 is 1.58 bits per heavy atom. The van der Waals surface area contributed by atoms with Crippen LogP contribution in [0.1, 0.15) is 38.4 Å². The summed E-state index contributed by atoms with van der Waals surface area (Å²) in [6.45, 7) is 7.36. The van der Waals surface area contributed by atoms with E-state index < -0.39 is 6.10 Å². The van der Waals surface area contributed by atoms with Gasteiger partial charge in [0, 0.05) is 25.8 Å². The maximum Gasteiger partial charge on any atom is 0.128 e. The molecule has 0 aromatic carbocycles. The molecule has 4 heteroatoms. The predicted octanol–water partition coefficient (Wildman–Crippen LogP) is 2.06. The average molecular weight is 263 g/mol. The normalized spacial score (nSPS) is 21.6. The van der Waals surface area contributed by atoms with Crippen molar-refractivity contribution in [3.05, 3.63) is 23.9 Å². The fourth-order valence-electron chi connectivity index (χ4n) is 2.83. The molecule has 106 valence electrons. The SMILES string of the molecule is CCN1CCCC1CN(C)c1cc(C(C)O)ccn1. The molecule has 2 rings (SSSR count). The number of likely N-dealkylation sites (N-methyl/N-ethyl adjacent to an activating group) is 2. The summed E-state index contributed by atoms with van der Waals surface area (Å²) < 4.78 is 0. The molecule has 2 unspecified atom stereocenters. The largest absolute Gasteiger partial charge is 0.389 e. The Balaban J connectivity index is 2.03. The zero-order valence-corrected chi connectivity index (χ0v) is 12.2. The van der Waals surface area contributed by atoms with E-state index in [4.69, 9.17) is 0 Å². The third-order valence-corrected chi connectivity index (χ3v) is 4.03. The van der Waals surface area contributed by atoms with Gasteiger partial charge in [-0.2, -0.15) is 0 Å². The fourth-order valence-corrected chi connectivity index (χ4v) is 2.83. The molecule has 0 aliphatic carbocycles. The molecular formula is C15H25N3O. The highest BCUT2D eigenvalue weighted by Gasteiger charge is 2.24. The van der Waals surface area contributed by atoms with Gasteiger partial charge >= 0.3 is 0 Å². The monoisotopic (exact) mass is 263 g/mol. The number of rotatable bonds is 5. The van der Waals surface area contributed by atoms with E-state index >= 15 is 0 Å². The van der Waals surface area contributed by atoms with Crippen LogP contribution in [0.15, 0.2) is 18.3 Å². The number of hydrogen-bond donors (Lipinski definition) is 1. The van der Waals surface area contributed by atoms with Crippen LogP contribution in [0.4, 0.5) is 5.82 Å². The van der Waals surface area contributed by atoms with Gasteiger partial charge in [0.1, 0.15) is 5.82 Å². The quantitative estimate of drug-likeness (QED) is 0.882. The molecule has 0 amide bonds. The summed E-state index contributed by atoms with van der Waals surface area (Å²) in [7, 11) is 2.08. The lowest BCUT2D eigenvalue weighted by molar-refractivity contribution is 0.199. The fraction of sp³-hybridized carbons (Fsp3) is 0.667. The van der Waals surface area contributed by atoms with Crippen LogP contribution in [0, 0.1) is 0 Å². The minimum absolute atomic E-state index is 0.436. The van der Waals surface area contributed by atoms with E-state index in [1.54, 1.807) is 13.1 Å². The third kappa shape index (κ3) is 3.45. The molecule has 19 heavy (non-hydrogen) atoms. The number of pyridine rings is 1. The molecule has 1 aliphatic rings. The Morgan fingerprint density at radius 2 is 2.37 bits per heavy atom. The average Bonchev–Trinajstić information content (AvgIpc) is 2.86. The van der Waals surface area contributed by atoms with Crippen LogP contribution in [-0.2, 0) is 0 Å². The Hall–Kier alpha value is -1.13. The molecule has 1 saturated heterocycles. The lowest BCUT2D eigenvalue weighted by Gasteiger charge is -2.28. The summed E-state index contributed by atoms with van der Waals surface area (Å²) in [5.74, 6) is 0.946. The molecule has 1 aromatic rings. The van der Waals surface area contributed by atoms with Crippen molar-refractivity contribution in [3.63, 3.8) is 0 Å². The van der Waals surface area contributed by atoms with Crippen LogP contribution in [0.2, 0.25) is 0 Å². The summed E-state index contributed by atoms with van der Waals surface area (Å²) in [6, 6.07) is 4.48. The number of aliphatic hydroxyl groups excluding tert-OH is 1. The zero-order chi connectivity index (χ0) is 13.8. The zero-order valence-electron chi connectivity index (χ0n) is 12.2. The lowest BCUT2D eigenvalue weighted by atomic mass is 10.1. The number of aliphatic hydroxyl groups is 1. The summed E-state index contributed by atoms with van der Waals surface area (Å²) in [6.07, 6.45) is 3.91. The van der Waals surface area contributed by atoms with Crippen molar-refractivity contribution in [3.8, 4) is 0 Å². The second-order valence-electron chi connectivity index (χ2n) is 5.43. The van der Waals surface area contributed by atoms with Crippen LogP contribution < -0.4 is 4.90 Å². The van der Waals surface area contributed by atoms with Crippen molar-refractivity contribution in [1.82, 2.24) is 9.88 Å². The second-order valence-corrected chi connectivity index (χ2v) is 5.43. The van der Waals surface area contributed by atoms with Gasteiger partial charge in [0.05, 0.1) is 6.10 Å². The van der Waals surface area contributed by atoms with E-state index in [2.05, 4.69) is 28.8 Å². The summed E-state index contributed by atoms with van der Waals surface area (Å²) in [5.41, 5.74) is 0.926. The van der Waals surface area contributed by atoms with E-state index in [1.807, 2.05) is 12.1 Å². The van der Waals surface area contributed by atoms with E-state index in [1.165, 1.54) is 19.4 Å². The predicted molar refractivity (Wildman–Crippen MR) is 78.4 cm³/mol. The van der Waals surface area contributed by atoms with Gasteiger partial charge in [0.2, 0.25) is 0 Å². The van der Waals surface area contributed by atoms with Gasteiger partial charge < -0.3 is 10.0 Å². The smallest absolute Gasteiger partial charge is 0.128 e. The first kappa shape index (κ1) is 14.3. The van der Waals surface area contributed by atoms with Crippen LogP contribution in [-0.4, -0.2) is 47.7 Å². The molecule has 0 radical (unpaired) electrons. The number of aromatic nitrogens is 1. The highest BCUT2D eigenvalue weighted by molar-refractivity contribution is 5.40. The maximum absolute atomic E-state index is 9.64. The first-order valence-electron chi connectivity index (χ1n) is 7.21. The molecule has 1 fully saturated rings. The standard InChI is InChI=1S/C15H25N3O/c1-4-18-9-5-6-14(18)11-17(3)15-10-13(12(2)19)7-8-16-15/h7-8,10,12,14,19H,4-6,9,11H2,1-3H3. The Kier molecular flexibility index (Phi) is 4.77. The molecule has 0 saturated carbocycles. The molecule has 1 N–H and O–H groups in total. The number of nitrogens with zero attached hydrogens (tertiary/aromatic N) is 3. The lowest BCUT2D eigenvalue weighted by Crippen LogP contribution is -2.39. The van der Waals surface area contributed by atoms with E-state index in [9.17, 15) is 5.11 Å². The van der Waals surface area contributed by atoms with Gasteiger partial charge in [-0.05, 0) is 50.6 Å². The molecule has 2 atom stereocenters. The summed E-state index contributed by atoms with van der Waals surface area (Å²) in [5, 5.41) is 9.64. The minimum Gasteiger partial charge on any atom is -0.389 e. The molecule has 4 nitrogen and oxygen atoms in total. The Bertz CT molecular complexity index is 408. The Morgan fingerprint density at radius 3 is 3.05 bits per heavy atom. The molecule has 2 heterocycles. The number of anilines is 1. The van der Waals surface area contributed by atoms with Gasteiger partial charge in [0.25, 0.3) is 0 Å². The number of hydrogen-bond acceptors (Lipinski definition) is 4. The van der Waals surface area contributed by atoms with Crippen molar-refractivity contribution in [2.45, 2.75) is 38.8 Å². The molecular weight excluding hydrogens is 238 g/mol. The Labute approximate surface area is 116 Å². The van der Waals surface area contributed by atoms with Gasteiger partial charge in [-0.25, -0.2) is 4.98 Å². The van der Waals surface area contributed by atoms with Gasteiger partial charge in [-0.1, -0.05) is 6.92 Å². The summed E-state index contributed by atoms with van der Waals surface area (Å²) >= 11 is 0. The van der Waals surface area contributed by atoms with Crippen molar-refractivity contribution >= 4 is 5.82 Å². The molecule has 0 spiro atoms. The van der Waals surface area contributed by atoms with Crippen LogP contribution in [0.3, 0.4) is 0 Å². The minimum atomic E-state index is -0.436. The number of likely N-dealkylation sites (tertiary alicyclic amines) is 1. The highest BCUT2D eigenvalue weighted by Crippen LogP contribution is 2.21. The summed E-state index contributed by atoms with van der Waals surface area (Å²) in [4.78, 5) is 9.15. The molecule has 1 aromatic heterocycles. The molecule has 1 aliphatic heterocycles. The van der Waals surface area contributed by atoms with Crippen molar-refractivity contribution in [2.24, 2.45) is 0 Å².